The van der Waals surface area contributed by atoms with E-state index in [2.05, 4.69) is 5.32 Å². The van der Waals surface area contributed by atoms with Crippen molar-refractivity contribution in [2.75, 3.05) is 0 Å². The molecule has 0 amide bonds. The second kappa shape index (κ2) is 7.31. The zero-order valence-electron chi connectivity index (χ0n) is 11.8. The van der Waals surface area contributed by atoms with Crippen molar-refractivity contribution in [1.29, 1.82) is 0 Å². The number of benzene rings is 1. The molecule has 1 aliphatic carbocycles. The normalized spacial score (nSPS) is 25.7. The molecular weight excluding hydrogens is 344 g/mol. The third kappa shape index (κ3) is 4.74. The maximum absolute atomic E-state index is 13.4. The highest BCUT2D eigenvalue weighted by atomic mass is 79.9. The van der Waals surface area contributed by atoms with Gasteiger partial charge in [0.1, 0.15) is 0 Å². The van der Waals surface area contributed by atoms with Crippen molar-refractivity contribution >= 4 is 23.0 Å². The van der Waals surface area contributed by atoms with Crippen molar-refractivity contribution in [2.24, 2.45) is 5.92 Å². The molecule has 2 N–H and O–H groups in total. The van der Waals surface area contributed by atoms with Gasteiger partial charge in [-0.15, -0.1) is 17.0 Å². The third-order valence-electron chi connectivity index (χ3n) is 3.91. The van der Waals surface area contributed by atoms with E-state index in [1.54, 1.807) is 0 Å². The van der Waals surface area contributed by atoms with Crippen LogP contribution in [0.25, 0.3) is 0 Å². The number of nitrogens with one attached hydrogen (secondary N) is 1. The number of carbonyl (C=O) groups is 1. The molecule has 0 aliphatic heterocycles. The third-order valence-corrected chi connectivity index (χ3v) is 3.91. The molecule has 1 aromatic rings. The fourth-order valence-corrected chi connectivity index (χ4v) is 2.75. The minimum absolute atomic E-state index is 0. The smallest absolute Gasteiger partial charge is 0.308 e. The van der Waals surface area contributed by atoms with Crippen molar-refractivity contribution in [3.05, 3.63) is 35.9 Å². The molecule has 0 unspecified atom stereocenters. The van der Waals surface area contributed by atoms with E-state index in [1.165, 1.54) is 0 Å². The Hall–Kier alpha value is -1.01. The van der Waals surface area contributed by atoms with Crippen LogP contribution in [-0.4, -0.2) is 23.0 Å². The summed E-state index contributed by atoms with van der Waals surface area (Å²) >= 11 is 0. The van der Waals surface area contributed by atoms with Crippen LogP contribution in [0.15, 0.2) is 30.3 Å². The number of alkyl halides is 2. The van der Waals surface area contributed by atoms with Crippen LogP contribution in [0.5, 0.6) is 0 Å². The van der Waals surface area contributed by atoms with Crippen LogP contribution in [0, 0.1) is 5.92 Å². The first-order valence-electron chi connectivity index (χ1n) is 6.81. The highest BCUT2D eigenvalue weighted by molar-refractivity contribution is 8.93. The Bertz CT molecular complexity index is 470. The van der Waals surface area contributed by atoms with Crippen molar-refractivity contribution in [1.82, 2.24) is 5.32 Å². The number of aliphatic carboxylic acids is 1. The zero-order chi connectivity index (χ0) is 14.8. The van der Waals surface area contributed by atoms with Gasteiger partial charge in [-0.3, -0.25) is 4.79 Å². The van der Waals surface area contributed by atoms with Crippen LogP contribution in [0.1, 0.15) is 37.8 Å². The van der Waals surface area contributed by atoms with Gasteiger partial charge < -0.3 is 10.4 Å². The summed E-state index contributed by atoms with van der Waals surface area (Å²) in [5.41, 5.74) is 1.02. The summed E-state index contributed by atoms with van der Waals surface area (Å²) in [5, 5.41) is 12.3. The molecule has 0 bridgehead atoms. The van der Waals surface area contributed by atoms with E-state index in [4.69, 9.17) is 5.11 Å². The standard InChI is InChI=1S/C15H19F2NO2.BrH/c1-10(11-5-3-2-4-6-11)18-13-7-8-15(16,17)9-12(13)14(19)20;/h2-6,10,12-13,18H,7-9H2,1H3,(H,19,20);1H/t10-,12+,13-;/m0./s1. The Labute approximate surface area is 133 Å². The van der Waals surface area contributed by atoms with Crippen LogP contribution in [0.3, 0.4) is 0 Å². The minimum atomic E-state index is -2.86. The fraction of sp³-hybridized carbons (Fsp3) is 0.533. The maximum atomic E-state index is 13.4. The number of carboxylic acids is 1. The molecule has 3 atom stereocenters. The lowest BCUT2D eigenvalue weighted by molar-refractivity contribution is -0.151. The SMILES string of the molecule is Br.C[C@H](N[C@H]1CCC(F)(F)C[C@H]1C(=O)O)c1ccccc1. The van der Waals surface area contributed by atoms with Gasteiger partial charge in [0.25, 0.3) is 0 Å². The van der Waals surface area contributed by atoms with Crippen molar-refractivity contribution in [3.63, 3.8) is 0 Å². The van der Waals surface area contributed by atoms with Crippen LogP contribution < -0.4 is 5.32 Å². The molecular formula is C15H20BrF2NO2. The molecule has 2 rings (SSSR count). The molecule has 0 saturated heterocycles. The summed E-state index contributed by atoms with van der Waals surface area (Å²) in [6.45, 7) is 1.92. The number of rotatable bonds is 4. The lowest BCUT2D eigenvalue weighted by atomic mass is 9.81. The van der Waals surface area contributed by atoms with E-state index >= 15 is 0 Å². The highest BCUT2D eigenvalue weighted by Gasteiger charge is 2.44. The summed E-state index contributed by atoms with van der Waals surface area (Å²) in [5.74, 6) is -5.05. The van der Waals surface area contributed by atoms with E-state index in [0.717, 1.165) is 5.56 Å². The second-order valence-corrected chi connectivity index (χ2v) is 5.45. The molecule has 118 valence electrons. The molecule has 0 aromatic heterocycles. The molecule has 21 heavy (non-hydrogen) atoms. The highest BCUT2D eigenvalue weighted by Crippen LogP contribution is 2.37. The Morgan fingerprint density at radius 1 is 1.38 bits per heavy atom. The summed E-state index contributed by atoms with van der Waals surface area (Å²) in [4.78, 5) is 11.2. The van der Waals surface area contributed by atoms with Gasteiger partial charge in [-0.25, -0.2) is 8.78 Å². The van der Waals surface area contributed by atoms with Crippen LogP contribution in [-0.2, 0) is 4.79 Å². The second-order valence-electron chi connectivity index (χ2n) is 5.45. The maximum Gasteiger partial charge on any atom is 0.308 e. The molecule has 6 heteroatoms. The van der Waals surface area contributed by atoms with Crippen LogP contribution in [0.4, 0.5) is 8.78 Å². The molecule has 0 spiro atoms. The summed E-state index contributed by atoms with van der Waals surface area (Å²) in [6.07, 6.45) is -0.654. The van der Waals surface area contributed by atoms with Crippen LogP contribution >= 0.6 is 17.0 Å². The topological polar surface area (TPSA) is 49.3 Å². The first-order valence-corrected chi connectivity index (χ1v) is 6.81. The number of halogens is 3. The Balaban J connectivity index is 0.00000220. The van der Waals surface area contributed by atoms with Gasteiger partial charge >= 0.3 is 5.97 Å². The van der Waals surface area contributed by atoms with Gasteiger partial charge in [0, 0.05) is 24.9 Å². The fourth-order valence-electron chi connectivity index (χ4n) is 2.75. The van der Waals surface area contributed by atoms with Crippen molar-refractivity contribution < 1.29 is 18.7 Å². The Morgan fingerprint density at radius 3 is 2.57 bits per heavy atom. The number of carboxylic acid groups (broad SMARTS) is 1. The van der Waals surface area contributed by atoms with E-state index < -0.39 is 30.3 Å². The molecule has 0 heterocycles. The largest absolute Gasteiger partial charge is 0.481 e. The zero-order valence-corrected chi connectivity index (χ0v) is 13.5. The number of hydrogen-bond donors (Lipinski definition) is 2. The van der Waals surface area contributed by atoms with Crippen LogP contribution in [0.2, 0.25) is 0 Å². The minimum Gasteiger partial charge on any atom is -0.481 e. The Morgan fingerprint density at radius 2 is 2.00 bits per heavy atom. The predicted octanol–water partition coefficient (Wildman–Crippen LogP) is 3.80. The van der Waals surface area contributed by atoms with Gasteiger partial charge in [-0.05, 0) is 18.9 Å². The summed E-state index contributed by atoms with van der Waals surface area (Å²) in [6, 6.07) is 9.10. The monoisotopic (exact) mass is 363 g/mol. The lowest BCUT2D eigenvalue weighted by Gasteiger charge is -2.35. The first kappa shape index (κ1) is 18.0. The quantitative estimate of drug-likeness (QED) is 0.855. The van der Waals surface area contributed by atoms with E-state index in [-0.39, 0.29) is 35.9 Å². The van der Waals surface area contributed by atoms with Gasteiger partial charge in [0.15, 0.2) is 0 Å². The van der Waals surface area contributed by atoms with Gasteiger partial charge in [-0.2, -0.15) is 0 Å². The summed E-state index contributed by atoms with van der Waals surface area (Å²) in [7, 11) is 0. The molecule has 1 aromatic carbocycles. The average Bonchev–Trinajstić information content (AvgIpc) is 2.41. The van der Waals surface area contributed by atoms with Gasteiger partial charge in [-0.1, -0.05) is 30.3 Å². The predicted molar refractivity (Wildman–Crippen MR) is 82.0 cm³/mol. The molecule has 1 saturated carbocycles. The van der Waals surface area contributed by atoms with E-state index in [1.807, 2.05) is 37.3 Å². The average molecular weight is 364 g/mol. The first-order chi connectivity index (χ1) is 9.39. The van der Waals surface area contributed by atoms with Gasteiger partial charge in [0.2, 0.25) is 5.92 Å². The number of hydrogen-bond acceptors (Lipinski definition) is 2. The molecule has 1 aliphatic rings. The molecule has 0 radical (unpaired) electrons. The van der Waals surface area contributed by atoms with Crippen molar-refractivity contribution in [2.45, 2.75) is 44.2 Å². The Kier molecular flexibility index (Phi) is 6.28. The lowest BCUT2D eigenvalue weighted by Crippen LogP contribution is -2.48. The van der Waals surface area contributed by atoms with E-state index in [9.17, 15) is 13.6 Å². The van der Waals surface area contributed by atoms with Crippen molar-refractivity contribution in [3.8, 4) is 0 Å². The molecule has 1 fully saturated rings. The van der Waals surface area contributed by atoms with E-state index in [0.29, 0.717) is 0 Å². The molecule has 3 nitrogen and oxygen atoms in total. The summed E-state index contributed by atoms with van der Waals surface area (Å²) < 4.78 is 26.7. The van der Waals surface area contributed by atoms with Gasteiger partial charge in [0.05, 0.1) is 5.92 Å².